The van der Waals surface area contributed by atoms with E-state index < -0.39 is 6.04 Å². The number of benzene rings is 2. The second kappa shape index (κ2) is 13.3. The summed E-state index contributed by atoms with van der Waals surface area (Å²) in [6.07, 6.45) is 7.61. The third-order valence-electron chi connectivity index (χ3n) is 10.4. The number of carbonyl (C=O) groups excluding carboxylic acids is 3. The Morgan fingerprint density at radius 3 is 2.41 bits per heavy atom. The number of hydrogen-bond donors (Lipinski definition) is 3. The molecular weight excluding hydrogens is 580 g/mol. The van der Waals surface area contributed by atoms with E-state index in [0.717, 1.165) is 59.6 Å². The number of amides is 5. The van der Waals surface area contributed by atoms with E-state index in [4.69, 9.17) is 0 Å². The molecule has 0 bridgehead atoms. The second-order valence-electron chi connectivity index (χ2n) is 13.5. The number of aryl methyl sites for hydroxylation is 1. The summed E-state index contributed by atoms with van der Waals surface area (Å²) < 4.78 is 0. The molecule has 0 radical (unpaired) electrons. The van der Waals surface area contributed by atoms with Crippen molar-refractivity contribution in [2.75, 3.05) is 44.6 Å². The summed E-state index contributed by atoms with van der Waals surface area (Å²) in [5.74, 6) is 0.835. The number of para-hydroxylation sites is 1. The lowest BCUT2D eigenvalue weighted by atomic mass is 9.98. The van der Waals surface area contributed by atoms with E-state index in [2.05, 4.69) is 25.5 Å². The number of anilines is 1. The van der Waals surface area contributed by atoms with Gasteiger partial charge in [0.15, 0.2) is 0 Å². The molecule has 7 rings (SSSR count). The molecule has 0 saturated carbocycles. The van der Waals surface area contributed by atoms with E-state index in [-0.39, 0.29) is 24.0 Å². The third-order valence-corrected chi connectivity index (χ3v) is 10.4. The van der Waals surface area contributed by atoms with Crippen LogP contribution in [-0.4, -0.2) is 105 Å². The predicted molar refractivity (Wildman–Crippen MR) is 177 cm³/mol. The SMILES string of the molecule is Cc1nc2cc(C[C@@H](NC(=O)N3CCC(N4Cc5ccccc5NC4=O)CC3)C(=O)N3CCC(N4CCCCC4)CC3)ccc2[nH]1. The number of H-pyrrole nitrogens is 1. The average molecular weight is 627 g/mol. The van der Waals surface area contributed by atoms with Crippen molar-refractivity contribution in [3.05, 3.63) is 59.4 Å². The summed E-state index contributed by atoms with van der Waals surface area (Å²) in [6, 6.07) is 13.6. The van der Waals surface area contributed by atoms with Gasteiger partial charge < -0.3 is 35.2 Å². The van der Waals surface area contributed by atoms with Gasteiger partial charge >= 0.3 is 12.1 Å². The smallest absolute Gasteiger partial charge is 0.322 e. The zero-order chi connectivity index (χ0) is 31.6. The largest absolute Gasteiger partial charge is 0.342 e. The summed E-state index contributed by atoms with van der Waals surface area (Å²) >= 11 is 0. The maximum absolute atomic E-state index is 14.1. The van der Waals surface area contributed by atoms with Crippen molar-refractivity contribution in [1.29, 1.82) is 0 Å². The van der Waals surface area contributed by atoms with Gasteiger partial charge in [-0.25, -0.2) is 14.6 Å². The van der Waals surface area contributed by atoms with Crippen molar-refractivity contribution >= 4 is 34.7 Å². The fraction of sp³-hybridized carbons (Fsp3) is 0.543. The van der Waals surface area contributed by atoms with Gasteiger partial charge in [-0.3, -0.25) is 4.79 Å². The highest BCUT2D eigenvalue weighted by molar-refractivity contribution is 5.92. The standard InChI is InChI=1S/C35H46N8O3/c1-24-36-30-10-9-25(21-31(30)37-24)22-32(33(44)41-17-11-27(12-18-41)40-15-5-2-6-16-40)39-34(45)42-19-13-28(14-20-42)43-23-26-7-3-4-8-29(26)38-35(43)46/h3-4,7-10,21,27-28,32H,2,5-6,11-20,22-23H2,1H3,(H,36,37)(H,38,46)(H,39,45)/t32-/m1/s1. The van der Waals surface area contributed by atoms with Crippen molar-refractivity contribution in [1.82, 2.24) is 34.9 Å². The molecule has 11 heteroatoms. The maximum Gasteiger partial charge on any atom is 0.322 e. The fourth-order valence-electron chi connectivity index (χ4n) is 7.84. The Labute approximate surface area is 270 Å². The number of piperidine rings is 3. The lowest BCUT2D eigenvalue weighted by Gasteiger charge is -2.42. The Balaban J connectivity index is 1.00. The minimum absolute atomic E-state index is 0.0118. The highest BCUT2D eigenvalue weighted by Gasteiger charge is 2.35. The Kier molecular flexibility index (Phi) is 8.84. The monoisotopic (exact) mass is 626 g/mol. The maximum atomic E-state index is 14.1. The predicted octanol–water partition coefficient (Wildman–Crippen LogP) is 4.48. The topological polar surface area (TPSA) is 117 Å². The van der Waals surface area contributed by atoms with E-state index >= 15 is 0 Å². The van der Waals surface area contributed by atoms with Crippen molar-refractivity contribution in [2.45, 2.75) is 83.0 Å². The molecule has 0 unspecified atom stereocenters. The molecule has 5 heterocycles. The minimum atomic E-state index is -0.668. The van der Waals surface area contributed by atoms with Crippen LogP contribution >= 0.6 is 0 Å². The van der Waals surface area contributed by atoms with E-state index in [1.807, 2.05) is 59.2 Å². The molecule has 244 valence electrons. The van der Waals surface area contributed by atoms with Crippen LogP contribution in [-0.2, 0) is 17.8 Å². The summed E-state index contributed by atoms with van der Waals surface area (Å²) in [5.41, 5.74) is 4.76. The molecule has 46 heavy (non-hydrogen) atoms. The first-order chi connectivity index (χ1) is 22.4. The number of urea groups is 2. The molecule has 3 saturated heterocycles. The van der Waals surface area contributed by atoms with Crippen LogP contribution in [0.25, 0.3) is 11.0 Å². The number of aromatic amines is 1. The molecular formula is C35H46N8O3. The van der Waals surface area contributed by atoms with Gasteiger partial charge in [0.2, 0.25) is 5.91 Å². The molecule has 0 aliphatic carbocycles. The van der Waals surface area contributed by atoms with Gasteiger partial charge in [0.05, 0.1) is 11.0 Å². The zero-order valence-electron chi connectivity index (χ0n) is 26.8. The quantitative estimate of drug-likeness (QED) is 0.373. The zero-order valence-corrected chi connectivity index (χ0v) is 26.8. The van der Waals surface area contributed by atoms with Crippen LogP contribution in [0.3, 0.4) is 0 Å². The van der Waals surface area contributed by atoms with Gasteiger partial charge in [-0.1, -0.05) is 30.7 Å². The number of carbonyl (C=O) groups is 3. The van der Waals surface area contributed by atoms with Gasteiger partial charge in [-0.15, -0.1) is 0 Å². The number of likely N-dealkylation sites (tertiary alicyclic amines) is 3. The van der Waals surface area contributed by atoms with Crippen molar-refractivity contribution < 1.29 is 14.4 Å². The third kappa shape index (κ3) is 6.56. The molecule has 2 aromatic carbocycles. The second-order valence-corrected chi connectivity index (χ2v) is 13.5. The number of imidazole rings is 1. The van der Waals surface area contributed by atoms with E-state index in [9.17, 15) is 14.4 Å². The van der Waals surface area contributed by atoms with Gasteiger partial charge in [-0.05, 0) is 87.9 Å². The minimum Gasteiger partial charge on any atom is -0.342 e. The highest BCUT2D eigenvalue weighted by atomic mass is 16.2. The Morgan fingerprint density at radius 2 is 1.63 bits per heavy atom. The van der Waals surface area contributed by atoms with Gasteiger partial charge in [-0.2, -0.15) is 0 Å². The van der Waals surface area contributed by atoms with Crippen molar-refractivity contribution in [3.8, 4) is 0 Å². The first kappa shape index (κ1) is 30.5. The fourth-order valence-corrected chi connectivity index (χ4v) is 7.84. The van der Waals surface area contributed by atoms with E-state index in [1.165, 1.54) is 32.4 Å². The van der Waals surface area contributed by atoms with Gasteiger partial charge in [0.1, 0.15) is 11.9 Å². The van der Waals surface area contributed by atoms with Crippen LogP contribution in [0, 0.1) is 6.92 Å². The van der Waals surface area contributed by atoms with Gasteiger partial charge in [0.25, 0.3) is 0 Å². The molecule has 11 nitrogen and oxygen atoms in total. The van der Waals surface area contributed by atoms with Crippen molar-refractivity contribution in [3.63, 3.8) is 0 Å². The molecule has 4 aliphatic heterocycles. The molecule has 1 aromatic heterocycles. The summed E-state index contributed by atoms with van der Waals surface area (Å²) in [5, 5.41) is 6.15. The van der Waals surface area contributed by atoms with Crippen LogP contribution in [0.1, 0.15) is 61.9 Å². The van der Waals surface area contributed by atoms with E-state index in [1.54, 1.807) is 4.90 Å². The number of nitrogens with one attached hydrogen (secondary N) is 3. The number of hydrogen-bond acceptors (Lipinski definition) is 5. The van der Waals surface area contributed by atoms with Crippen LogP contribution in [0.5, 0.6) is 0 Å². The molecule has 1 atom stereocenters. The molecule has 3 fully saturated rings. The van der Waals surface area contributed by atoms with Crippen molar-refractivity contribution in [2.24, 2.45) is 0 Å². The Bertz CT molecular complexity index is 1570. The number of aromatic nitrogens is 2. The normalized spacial score (nSPS) is 20.8. The van der Waals surface area contributed by atoms with Gasteiger partial charge in [0, 0.05) is 56.9 Å². The average Bonchev–Trinajstić information content (AvgIpc) is 3.47. The summed E-state index contributed by atoms with van der Waals surface area (Å²) in [7, 11) is 0. The molecule has 4 aliphatic rings. The number of fused-ring (bicyclic) bond motifs is 2. The number of nitrogens with zero attached hydrogens (tertiary/aromatic N) is 5. The molecule has 3 aromatic rings. The lowest BCUT2D eigenvalue weighted by molar-refractivity contribution is -0.134. The summed E-state index contributed by atoms with van der Waals surface area (Å²) in [6.45, 7) is 7.33. The Morgan fingerprint density at radius 1 is 0.913 bits per heavy atom. The summed E-state index contributed by atoms with van der Waals surface area (Å²) in [4.78, 5) is 56.8. The number of rotatable bonds is 6. The Hall–Kier alpha value is -4.12. The first-order valence-electron chi connectivity index (χ1n) is 17.1. The lowest BCUT2D eigenvalue weighted by Crippen LogP contribution is -2.57. The molecule has 3 N–H and O–H groups in total. The first-order valence-corrected chi connectivity index (χ1v) is 17.1. The van der Waals surface area contributed by atoms with Crippen LogP contribution in [0.4, 0.5) is 15.3 Å². The van der Waals surface area contributed by atoms with Crippen LogP contribution < -0.4 is 10.6 Å². The highest BCUT2D eigenvalue weighted by Crippen LogP contribution is 2.28. The van der Waals surface area contributed by atoms with Crippen LogP contribution in [0.2, 0.25) is 0 Å². The molecule has 0 spiro atoms. The van der Waals surface area contributed by atoms with Crippen LogP contribution in [0.15, 0.2) is 42.5 Å². The molecule has 5 amide bonds. The van der Waals surface area contributed by atoms with E-state index in [0.29, 0.717) is 44.9 Å².